The zero-order valence-corrected chi connectivity index (χ0v) is 8.73. The average Bonchev–Trinajstić information content (AvgIpc) is 2.83. The van der Waals surface area contributed by atoms with Crippen LogP contribution in [0.3, 0.4) is 0 Å². The monoisotopic (exact) mass is 210 g/mol. The summed E-state index contributed by atoms with van der Waals surface area (Å²) >= 11 is 0. The van der Waals surface area contributed by atoms with Gasteiger partial charge in [0.1, 0.15) is 12.4 Å². The maximum Gasteiger partial charge on any atom is 0.237 e. The molecule has 5 nitrogen and oxygen atoms in total. The van der Waals surface area contributed by atoms with Gasteiger partial charge in [0, 0.05) is 13.0 Å². The molecule has 0 radical (unpaired) electrons. The number of ether oxygens (including phenoxy) is 1. The van der Waals surface area contributed by atoms with Crippen molar-refractivity contribution in [3.8, 4) is 0 Å². The summed E-state index contributed by atoms with van der Waals surface area (Å²) < 4.78 is 10.2. The standard InChI is InChI=1S/C10H14N2O3/c1-2-14-6-9-11-10(15-12-9)7-4-3-5-8(7)13/h7H,2-6H2,1H3. The summed E-state index contributed by atoms with van der Waals surface area (Å²) in [4.78, 5) is 15.6. The lowest BCUT2D eigenvalue weighted by molar-refractivity contribution is -0.119. The van der Waals surface area contributed by atoms with E-state index in [1.807, 2.05) is 6.92 Å². The van der Waals surface area contributed by atoms with E-state index in [-0.39, 0.29) is 11.7 Å². The van der Waals surface area contributed by atoms with Gasteiger partial charge in [0.25, 0.3) is 0 Å². The summed E-state index contributed by atoms with van der Waals surface area (Å²) in [7, 11) is 0. The van der Waals surface area contributed by atoms with E-state index in [9.17, 15) is 4.79 Å². The molecule has 0 bridgehead atoms. The fourth-order valence-electron chi connectivity index (χ4n) is 1.74. The van der Waals surface area contributed by atoms with E-state index in [2.05, 4.69) is 10.1 Å². The molecule has 0 amide bonds. The molecule has 0 N–H and O–H groups in total. The number of Topliss-reactive ketones (excluding diaryl/α,β-unsaturated/α-hetero) is 1. The molecule has 1 aliphatic carbocycles. The van der Waals surface area contributed by atoms with Gasteiger partial charge in [-0.1, -0.05) is 5.16 Å². The minimum atomic E-state index is -0.173. The van der Waals surface area contributed by atoms with E-state index in [4.69, 9.17) is 9.26 Å². The Bertz CT molecular complexity index is 348. The van der Waals surface area contributed by atoms with E-state index in [1.54, 1.807) is 0 Å². The number of nitrogens with zero attached hydrogens (tertiary/aromatic N) is 2. The molecule has 0 aliphatic heterocycles. The smallest absolute Gasteiger partial charge is 0.237 e. The lowest BCUT2D eigenvalue weighted by atomic mass is 10.1. The van der Waals surface area contributed by atoms with Crippen molar-refractivity contribution < 1.29 is 14.1 Å². The molecule has 1 unspecified atom stereocenters. The van der Waals surface area contributed by atoms with Gasteiger partial charge < -0.3 is 9.26 Å². The molecule has 2 rings (SSSR count). The predicted octanol–water partition coefficient (Wildman–Crippen LogP) is 1.44. The normalized spacial score (nSPS) is 21.1. The van der Waals surface area contributed by atoms with Gasteiger partial charge in [0.15, 0.2) is 5.82 Å². The molecule has 15 heavy (non-hydrogen) atoms. The van der Waals surface area contributed by atoms with Crippen LogP contribution in [0.2, 0.25) is 0 Å². The van der Waals surface area contributed by atoms with Crippen molar-refractivity contribution in [1.29, 1.82) is 0 Å². The van der Waals surface area contributed by atoms with Gasteiger partial charge in [-0.2, -0.15) is 4.98 Å². The fourth-order valence-corrected chi connectivity index (χ4v) is 1.74. The van der Waals surface area contributed by atoms with E-state index >= 15 is 0 Å². The second-order valence-corrected chi connectivity index (χ2v) is 3.60. The third kappa shape index (κ3) is 2.23. The molecule has 1 aliphatic rings. The van der Waals surface area contributed by atoms with E-state index < -0.39 is 0 Å². The molecule has 0 spiro atoms. The number of carbonyl (C=O) groups is 1. The Morgan fingerprint density at radius 1 is 1.60 bits per heavy atom. The molecule has 1 heterocycles. The first kappa shape index (κ1) is 10.3. The molecule has 1 atom stereocenters. The van der Waals surface area contributed by atoms with Crippen molar-refractivity contribution in [1.82, 2.24) is 10.1 Å². The number of hydrogen-bond acceptors (Lipinski definition) is 5. The minimum absolute atomic E-state index is 0.173. The molecule has 1 saturated carbocycles. The van der Waals surface area contributed by atoms with Crippen LogP contribution >= 0.6 is 0 Å². The molecule has 0 saturated heterocycles. The molecule has 5 heteroatoms. The van der Waals surface area contributed by atoms with Crippen LogP contribution in [0.1, 0.15) is 43.8 Å². The van der Waals surface area contributed by atoms with Gasteiger partial charge in [-0.25, -0.2) is 0 Å². The van der Waals surface area contributed by atoms with Crippen molar-refractivity contribution in [2.24, 2.45) is 0 Å². The molecule has 82 valence electrons. The predicted molar refractivity (Wildman–Crippen MR) is 51.2 cm³/mol. The third-order valence-electron chi connectivity index (χ3n) is 2.52. The van der Waals surface area contributed by atoms with E-state index in [1.165, 1.54) is 0 Å². The van der Waals surface area contributed by atoms with Crippen molar-refractivity contribution >= 4 is 5.78 Å². The Labute approximate surface area is 87.8 Å². The van der Waals surface area contributed by atoms with Crippen LogP contribution < -0.4 is 0 Å². The Hall–Kier alpha value is -1.23. The highest BCUT2D eigenvalue weighted by atomic mass is 16.5. The van der Waals surface area contributed by atoms with E-state index in [0.29, 0.717) is 31.3 Å². The van der Waals surface area contributed by atoms with Gasteiger partial charge in [-0.05, 0) is 19.8 Å². The summed E-state index contributed by atoms with van der Waals surface area (Å²) in [6.07, 6.45) is 2.38. The van der Waals surface area contributed by atoms with Crippen molar-refractivity contribution in [2.75, 3.05) is 6.61 Å². The van der Waals surface area contributed by atoms with E-state index in [0.717, 1.165) is 12.8 Å². The summed E-state index contributed by atoms with van der Waals surface area (Å²) in [6, 6.07) is 0. The van der Waals surface area contributed by atoms with Crippen LogP contribution in [0.15, 0.2) is 4.52 Å². The highest BCUT2D eigenvalue weighted by molar-refractivity contribution is 5.86. The van der Waals surface area contributed by atoms with Crippen LogP contribution in [0.5, 0.6) is 0 Å². The maximum atomic E-state index is 11.4. The Morgan fingerprint density at radius 2 is 2.47 bits per heavy atom. The Balaban J connectivity index is 2.03. The molecule has 1 aromatic rings. The first-order valence-corrected chi connectivity index (χ1v) is 5.24. The van der Waals surface area contributed by atoms with Crippen LogP contribution in [-0.2, 0) is 16.1 Å². The van der Waals surface area contributed by atoms with Gasteiger partial charge in [-0.3, -0.25) is 4.79 Å². The highest BCUT2D eigenvalue weighted by Crippen LogP contribution is 2.29. The fraction of sp³-hybridized carbons (Fsp3) is 0.700. The first-order valence-electron chi connectivity index (χ1n) is 5.24. The van der Waals surface area contributed by atoms with Crippen LogP contribution in [0, 0.1) is 0 Å². The SMILES string of the molecule is CCOCc1noc(C2CCCC2=O)n1. The van der Waals surface area contributed by atoms with Crippen LogP contribution in [0.25, 0.3) is 0 Å². The molecule has 0 aromatic carbocycles. The number of carbonyl (C=O) groups excluding carboxylic acids is 1. The quantitative estimate of drug-likeness (QED) is 0.752. The molecular formula is C10H14N2O3. The average molecular weight is 210 g/mol. The third-order valence-corrected chi connectivity index (χ3v) is 2.52. The largest absolute Gasteiger partial charge is 0.374 e. The number of hydrogen-bond donors (Lipinski definition) is 0. The van der Waals surface area contributed by atoms with Gasteiger partial charge in [0.2, 0.25) is 5.89 Å². The highest BCUT2D eigenvalue weighted by Gasteiger charge is 2.30. The Kier molecular flexibility index (Phi) is 3.11. The Morgan fingerprint density at radius 3 is 3.13 bits per heavy atom. The summed E-state index contributed by atoms with van der Waals surface area (Å²) in [5.41, 5.74) is 0. The second-order valence-electron chi connectivity index (χ2n) is 3.60. The zero-order valence-electron chi connectivity index (χ0n) is 8.73. The van der Waals surface area contributed by atoms with Crippen molar-refractivity contribution in [3.05, 3.63) is 11.7 Å². The maximum absolute atomic E-state index is 11.4. The van der Waals surface area contributed by atoms with Gasteiger partial charge in [-0.15, -0.1) is 0 Å². The summed E-state index contributed by atoms with van der Waals surface area (Å²) in [5, 5.41) is 3.77. The van der Waals surface area contributed by atoms with Crippen molar-refractivity contribution in [2.45, 2.75) is 38.7 Å². The lowest BCUT2D eigenvalue weighted by Gasteiger charge is -1.98. The lowest BCUT2D eigenvalue weighted by Crippen LogP contribution is -2.04. The first-order chi connectivity index (χ1) is 7.31. The summed E-state index contributed by atoms with van der Waals surface area (Å²) in [6.45, 7) is 2.87. The number of aromatic nitrogens is 2. The van der Waals surface area contributed by atoms with Crippen LogP contribution in [0.4, 0.5) is 0 Å². The topological polar surface area (TPSA) is 65.2 Å². The number of rotatable bonds is 4. The minimum Gasteiger partial charge on any atom is -0.374 e. The molecule has 1 fully saturated rings. The van der Waals surface area contributed by atoms with Crippen LogP contribution in [-0.4, -0.2) is 22.5 Å². The van der Waals surface area contributed by atoms with Gasteiger partial charge in [0.05, 0.1) is 5.92 Å². The van der Waals surface area contributed by atoms with Gasteiger partial charge >= 0.3 is 0 Å². The number of ketones is 1. The molecular weight excluding hydrogens is 196 g/mol. The molecule has 1 aromatic heterocycles. The van der Waals surface area contributed by atoms with Crippen molar-refractivity contribution in [3.63, 3.8) is 0 Å². The second kappa shape index (κ2) is 4.53. The zero-order chi connectivity index (χ0) is 10.7. The summed E-state index contributed by atoms with van der Waals surface area (Å²) in [5.74, 6) is 1.01.